The van der Waals surface area contributed by atoms with Crippen LogP contribution in [0, 0.1) is 5.82 Å². The first kappa shape index (κ1) is 10.2. The van der Waals surface area contributed by atoms with Crippen LogP contribution in [0.4, 0.5) is 10.1 Å². The first-order chi connectivity index (χ1) is 8.10. The third kappa shape index (κ3) is 1.56. The lowest BCUT2D eigenvalue weighted by atomic mass is 10.1. The number of hydrogen-bond acceptors (Lipinski definition) is 4. The van der Waals surface area contributed by atoms with Gasteiger partial charge in [-0.25, -0.2) is 9.07 Å². The molecule has 0 atom stereocenters. The Bertz CT molecular complexity index is 573. The molecule has 0 bridgehead atoms. The Hall–Kier alpha value is -1.98. The standard InChI is InChI=1S/C11H12FN5/c1-11(4-5-11)17-10(14-15-16-17)8-6-7(13)2-3-9(8)12/h2-3,6H,4-5,13H2,1H3. The maximum atomic E-state index is 13.8. The van der Waals surface area contributed by atoms with Gasteiger partial charge in [0.15, 0.2) is 5.82 Å². The fraction of sp³-hybridized carbons (Fsp3) is 0.364. The molecule has 0 aliphatic heterocycles. The van der Waals surface area contributed by atoms with Crippen molar-refractivity contribution in [2.45, 2.75) is 25.3 Å². The van der Waals surface area contributed by atoms with Gasteiger partial charge in [0, 0.05) is 5.69 Å². The number of nitrogen functional groups attached to an aromatic ring is 1. The molecule has 1 fully saturated rings. The largest absolute Gasteiger partial charge is 0.399 e. The highest BCUT2D eigenvalue weighted by Gasteiger charge is 2.42. The molecule has 88 valence electrons. The van der Waals surface area contributed by atoms with E-state index in [1.54, 1.807) is 10.7 Å². The summed E-state index contributed by atoms with van der Waals surface area (Å²) in [6, 6.07) is 4.41. The van der Waals surface area contributed by atoms with Crippen LogP contribution in [0.1, 0.15) is 19.8 Å². The van der Waals surface area contributed by atoms with Gasteiger partial charge in [0.1, 0.15) is 5.82 Å². The Morgan fingerprint density at radius 3 is 2.88 bits per heavy atom. The van der Waals surface area contributed by atoms with Gasteiger partial charge in [0.25, 0.3) is 0 Å². The maximum Gasteiger partial charge on any atom is 0.185 e. The van der Waals surface area contributed by atoms with Crippen molar-refractivity contribution >= 4 is 5.69 Å². The monoisotopic (exact) mass is 233 g/mol. The molecule has 1 aliphatic rings. The second-order valence-electron chi connectivity index (χ2n) is 4.65. The third-order valence-electron chi connectivity index (χ3n) is 3.19. The summed E-state index contributed by atoms with van der Waals surface area (Å²) in [4.78, 5) is 0. The Balaban J connectivity index is 2.15. The Morgan fingerprint density at radius 1 is 1.41 bits per heavy atom. The summed E-state index contributed by atoms with van der Waals surface area (Å²) in [5, 5.41) is 11.5. The van der Waals surface area contributed by atoms with E-state index < -0.39 is 0 Å². The normalized spacial score (nSPS) is 17.1. The van der Waals surface area contributed by atoms with Crippen LogP contribution in [-0.4, -0.2) is 20.2 Å². The van der Waals surface area contributed by atoms with Gasteiger partial charge in [0.2, 0.25) is 0 Å². The van der Waals surface area contributed by atoms with E-state index in [4.69, 9.17) is 5.73 Å². The molecule has 1 aromatic carbocycles. The van der Waals surface area contributed by atoms with Gasteiger partial charge in [-0.3, -0.25) is 0 Å². The number of aromatic nitrogens is 4. The highest BCUT2D eigenvalue weighted by Crippen LogP contribution is 2.44. The predicted molar refractivity (Wildman–Crippen MR) is 60.5 cm³/mol. The zero-order chi connectivity index (χ0) is 12.0. The summed E-state index contributed by atoms with van der Waals surface area (Å²) in [7, 11) is 0. The minimum Gasteiger partial charge on any atom is -0.399 e. The zero-order valence-corrected chi connectivity index (χ0v) is 9.39. The number of halogens is 1. The first-order valence-corrected chi connectivity index (χ1v) is 5.44. The molecule has 6 heteroatoms. The fourth-order valence-corrected chi connectivity index (χ4v) is 1.83. The minimum atomic E-state index is -0.362. The number of nitrogens with zero attached hydrogens (tertiary/aromatic N) is 4. The second-order valence-corrected chi connectivity index (χ2v) is 4.65. The van der Waals surface area contributed by atoms with Crippen LogP contribution < -0.4 is 5.73 Å². The van der Waals surface area contributed by atoms with Gasteiger partial charge < -0.3 is 5.73 Å². The summed E-state index contributed by atoms with van der Waals surface area (Å²) < 4.78 is 15.4. The molecule has 1 aliphatic carbocycles. The number of benzene rings is 1. The number of nitrogens with two attached hydrogens (primary N) is 1. The van der Waals surface area contributed by atoms with Gasteiger partial charge in [-0.15, -0.1) is 5.10 Å². The van der Waals surface area contributed by atoms with Crippen molar-refractivity contribution < 1.29 is 4.39 Å². The van der Waals surface area contributed by atoms with E-state index in [2.05, 4.69) is 22.4 Å². The van der Waals surface area contributed by atoms with Crippen LogP contribution in [0.25, 0.3) is 11.4 Å². The first-order valence-electron chi connectivity index (χ1n) is 5.44. The van der Waals surface area contributed by atoms with Crippen LogP contribution in [0.15, 0.2) is 18.2 Å². The van der Waals surface area contributed by atoms with E-state index in [1.165, 1.54) is 12.1 Å². The molecule has 1 heterocycles. The lowest BCUT2D eigenvalue weighted by Crippen LogP contribution is -2.16. The quantitative estimate of drug-likeness (QED) is 0.799. The number of hydrogen-bond donors (Lipinski definition) is 1. The van der Waals surface area contributed by atoms with Gasteiger partial charge in [-0.2, -0.15) is 0 Å². The highest BCUT2D eigenvalue weighted by molar-refractivity contribution is 5.62. The smallest absolute Gasteiger partial charge is 0.185 e. The van der Waals surface area contributed by atoms with Gasteiger partial charge in [-0.1, -0.05) is 0 Å². The summed E-state index contributed by atoms with van der Waals surface area (Å²) >= 11 is 0. The molecule has 0 amide bonds. The van der Waals surface area contributed by atoms with Crippen molar-refractivity contribution in [2.75, 3.05) is 5.73 Å². The van der Waals surface area contributed by atoms with E-state index in [0.717, 1.165) is 12.8 Å². The number of anilines is 1. The maximum absolute atomic E-state index is 13.8. The van der Waals surface area contributed by atoms with Gasteiger partial charge >= 0.3 is 0 Å². The Labute approximate surface area is 97.4 Å². The van der Waals surface area contributed by atoms with Gasteiger partial charge in [0.05, 0.1) is 11.1 Å². The van der Waals surface area contributed by atoms with Crippen molar-refractivity contribution in [3.05, 3.63) is 24.0 Å². The SMILES string of the molecule is CC1(n2nnnc2-c2cc(N)ccc2F)CC1. The lowest BCUT2D eigenvalue weighted by molar-refractivity contribution is 0.462. The molecule has 2 N–H and O–H groups in total. The van der Waals surface area contributed by atoms with E-state index in [0.29, 0.717) is 17.1 Å². The van der Waals surface area contributed by atoms with Crippen LogP contribution in [0.2, 0.25) is 0 Å². The topological polar surface area (TPSA) is 69.6 Å². The van der Waals surface area contributed by atoms with E-state index in [1.807, 2.05) is 0 Å². The van der Waals surface area contributed by atoms with E-state index in [-0.39, 0.29) is 11.4 Å². The summed E-state index contributed by atoms with van der Waals surface area (Å²) in [6.45, 7) is 2.05. The van der Waals surface area contributed by atoms with Crippen molar-refractivity contribution in [2.24, 2.45) is 0 Å². The molecule has 1 aromatic heterocycles. The molecule has 2 aromatic rings. The molecular formula is C11H12FN5. The van der Waals surface area contributed by atoms with Crippen molar-refractivity contribution in [1.82, 2.24) is 20.2 Å². The van der Waals surface area contributed by atoms with Gasteiger partial charge in [-0.05, 0) is 48.4 Å². The van der Waals surface area contributed by atoms with Crippen molar-refractivity contribution in [3.63, 3.8) is 0 Å². The average Bonchev–Trinajstić information content (AvgIpc) is 2.87. The third-order valence-corrected chi connectivity index (χ3v) is 3.19. The average molecular weight is 233 g/mol. The molecule has 0 spiro atoms. The molecular weight excluding hydrogens is 221 g/mol. The molecule has 1 saturated carbocycles. The molecule has 0 saturated heterocycles. The van der Waals surface area contributed by atoms with Crippen LogP contribution >= 0.6 is 0 Å². The summed E-state index contributed by atoms with van der Waals surface area (Å²) in [6.07, 6.45) is 2.02. The van der Waals surface area contributed by atoms with E-state index >= 15 is 0 Å². The Kier molecular flexibility index (Phi) is 1.95. The van der Waals surface area contributed by atoms with E-state index in [9.17, 15) is 4.39 Å². The molecule has 0 unspecified atom stereocenters. The number of tetrazole rings is 1. The number of rotatable bonds is 2. The van der Waals surface area contributed by atoms with Crippen LogP contribution in [-0.2, 0) is 5.54 Å². The van der Waals surface area contributed by atoms with Crippen molar-refractivity contribution in [3.8, 4) is 11.4 Å². The molecule has 0 radical (unpaired) electrons. The van der Waals surface area contributed by atoms with Crippen molar-refractivity contribution in [1.29, 1.82) is 0 Å². The van der Waals surface area contributed by atoms with Crippen LogP contribution in [0.3, 0.4) is 0 Å². The second kappa shape index (κ2) is 3.26. The summed E-state index contributed by atoms with van der Waals surface area (Å²) in [5.74, 6) is 0.0781. The predicted octanol–water partition coefficient (Wildman–Crippen LogP) is 1.57. The highest BCUT2D eigenvalue weighted by atomic mass is 19.1. The zero-order valence-electron chi connectivity index (χ0n) is 9.39. The fourth-order valence-electron chi connectivity index (χ4n) is 1.83. The molecule has 3 rings (SSSR count). The molecule has 17 heavy (non-hydrogen) atoms. The Morgan fingerprint density at radius 2 is 2.18 bits per heavy atom. The lowest BCUT2D eigenvalue weighted by Gasteiger charge is -2.11. The summed E-state index contributed by atoms with van der Waals surface area (Å²) in [5.41, 5.74) is 6.44. The van der Waals surface area contributed by atoms with Crippen LogP contribution in [0.5, 0.6) is 0 Å². The molecule has 5 nitrogen and oxygen atoms in total. The minimum absolute atomic E-state index is 0.0735.